The predicted octanol–water partition coefficient (Wildman–Crippen LogP) is 2.31. The molecule has 2 heterocycles. The lowest BCUT2D eigenvalue weighted by Gasteiger charge is -2.16. The van der Waals surface area contributed by atoms with Gasteiger partial charge in [0, 0.05) is 24.2 Å². The van der Waals surface area contributed by atoms with E-state index in [-0.39, 0.29) is 24.2 Å². The van der Waals surface area contributed by atoms with Gasteiger partial charge < -0.3 is 14.1 Å². The molecule has 3 amide bonds. The van der Waals surface area contributed by atoms with Gasteiger partial charge in [0.05, 0.1) is 12.0 Å². The molecule has 1 atom stereocenters. The number of sulfonamides is 1. The zero-order chi connectivity index (χ0) is 22.4. The smallest absolute Gasteiger partial charge is 0.422 e. The molecule has 0 spiro atoms. The Bertz CT molecular complexity index is 840. The van der Waals surface area contributed by atoms with Gasteiger partial charge in [0.2, 0.25) is 15.9 Å². The maximum atomic E-state index is 12.3. The quantitative estimate of drug-likeness (QED) is 0.369. The van der Waals surface area contributed by atoms with Gasteiger partial charge in [0.25, 0.3) is 5.95 Å². The number of rotatable bonds is 12. The van der Waals surface area contributed by atoms with Crippen LogP contribution in [0, 0.1) is 0 Å². The van der Waals surface area contributed by atoms with Crippen molar-refractivity contribution in [3.05, 3.63) is 17.9 Å². The number of unbranched alkanes of at least 4 members (excludes halogenated alkanes) is 2. The third kappa shape index (κ3) is 7.86. The predicted molar refractivity (Wildman–Crippen MR) is 99.2 cm³/mol. The summed E-state index contributed by atoms with van der Waals surface area (Å²) < 4.78 is 73.1. The van der Waals surface area contributed by atoms with Gasteiger partial charge in [0.1, 0.15) is 6.54 Å². The molecule has 0 aliphatic carbocycles. The lowest BCUT2D eigenvalue weighted by Crippen LogP contribution is -2.30. The number of hydrogen-bond acceptors (Lipinski definition) is 6. The largest absolute Gasteiger partial charge is 0.455 e. The Hall–Kier alpha value is -2.28. The first-order valence-electron chi connectivity index (χ1n) is 9.36. The van der Waals surface area contributed by atoms with Gasteiger partial charge in [-0.1, -0.05) is 13.3 Å². The second-order valence-electron chi connectivity index (χ2n) is 6.84. The number of nitrogens with zero attached hydrogens (tertiary/aromatic N) is 1. The molecule has 0 bridgehead atoms. The fraction of sp³-hybridized carbons (Fsp3) is 0.647. The summed E-state index contributed by atoms with van der Waals surface area (Å²) in [5.74, 6) is -0.850. The number of alkyl halides is 3. The molecular weight excluding hydrogens is 431 g/mol. The third-order valence-electron chi connectivity index (χ3n) is 4.32. The number of imide groups is 1. The van der Waals surface area contributed by atoms with Crippen molar-refractivity contribution in [1.82, 2.24) is 14.9 Å². The number of carbonyl (C=O) groups excluding carboxylic acids is 2. The summed E-state index contributed by atoms with van der Waals surface area (Å²) in [6.45, 7) is 0.586. The van der Waals surface area contributed by atoms with Gasteiger partial charge in [0.15, 0.2) is 6.61 Å². The highest BCUT2D eigenvalue weighted by molar-refractivity contribution is 7.89. The Morgan fingerprint density at radius 1 is 1.30 bits per heavy atom. The average molecular weight is 455 g/mol. The highest BCUT2D eigenvalue weighted by atomic mass is 32.2. The molecule has 1 aliphatic heterocycles. The van der Waals surface area contributed by atoms with Gasteiger partial charge in [-0.2, -0.15) is 13.2 Å². The first-order valence-corrected chi connectivity index (χ1v) is 11.0. The van der Waals surface area contributed by atoms with E-state index in [1.54, 1.807) is 6.92 Å². The van der Waals surface area contributed by atoms with Crippen LogP contribution < -0.4 is 14.8 Å². The molecular formula is C17H24F3N3O6S. The normalized spacial score (nSPS) is 16.1. The molecule has 13 heteroatoms. The number of hydrogen-bond donors (Lipinski definition) is 2. The fourth-order valence-electron chi connectivity index (χ4n) is 2.84. The van der Waals surface area contributed by atoms with E-state index in [1.807, 2.05) is 0 Å². The van der Waals surface area contributed by atoms with Gasteiger partial charge in [-0.15, -0.1) is 0 Å². The minimum absolute atomic E-state index is 0.0102. The zero-order valence-corrected chi connectivity index (χ0v) is 17.1. The minimum Gasteiger partial charge on any atom is -0.455 e. The average Bonchev–Trinajstić information content (AvgIpc) is 3.23. The van der Waals surface area contributed by atoms with Crippen LogP contribution in [0.1, 0.15) is 44.2 Å². The molecule has 2 N–H and O–H groups in total. The molecule has 0 radical (unpaired) electrons. The van der Waals surface area contributed by atoms with Crippen LogP contribution in [0.2, 0.25) is 0 Å². The van der Waals surface area contributed by atoms with Crippen LogP contribution >= 0.6 is 0 Å². The monoisotopic (exact) mass is 455 g/mol. The van der Waals surface area contributed by atoms with Gasteiger partial charge in [-0.25, -0.2) is 17.9 Å². The van der Waals surface area contributed by atoms with Crippen LogP contribution in [-0.4, -0.2) is 56.9 Å². The summed E-state index contributed by atoms with van der Waals surface area (Å²) >= 11 is 0. The first-order chi connectivity index (χ1) is 14.0. The molecule has 1 saturated heterocycles. The zero-order valence-electron chi connectivity index (χ0n) is 16.3. The minimum atomic E-state index is -4.51. The van der Waals surface area contributed by atoms with E-state index in [0.717, 1.165) is 6.26 Å². The molecule has 1 fully saturated rings. The van der Waals surface area contributed by atoms with Gasteiger partial charge in [-0.05, 0) is 19.3 Å². The van der Waals surface area contributed by atoms with Crippen LogP contribution in [-0.2, 0) is 14.8 Å². The fourth-order valence-corrected chi connectivity index (χ4v) is 4.28. The van der Waals surface area contributed by atoms with Crippen LogP contribution in [0.4, 0.5) is 18.0 Å². The second kappa shape index (κ2) is 10.2. The van der Waals surface area contributed by atoms with Crippen molar-refractivity contribution in [2.45, 2.75) is 44.8 Å². The van der Waals surface area contributed by atoms with Crippen molar-refractivity contribution in [2.24, 2.45) is 0 Å². The molecule has 0 saturated carbocycles. The SMILES string of the molecule is CC[C@@H](NS(=O)(=O)CCCCCN1CC(=O)NC1=O)c1coc(OCC(F)(F)F)c1. The first kappa shape index (κ1) is 24.0. The number of furan rings is 1. The van der Waals surface area contributed by atoms with Crippen molar-refractivity contribution >= 4 is 22.0 Å². The number of nitrogens with one attached hydrogen (secondary N) is 2. The molecule has 1 aromatic rings. The van der Waals surface area contributed by atoms with E-state index in [2.05, 4.69) is 14.8 Å². The Morgan fingerprint density at radius 2 is 2.03 bits per heavy atom. The Labute approximate surface area is 172 Å². The molecule has 1 aliphatic rings. The number of urea groups is 1. The topological polar surface area (TPSA) is 118 Å². The number of ether oxygens (including phenoxy) is 1. The molecule has 170 valence electrons. The third-order valence-corrected chi connectivity index (χ3v) is 5.79. The summed E-state index contributed by atoms with van der Waals surface area (Å²) in [6, 6.07) is 0.116. The van der Waals surface area contributed by atoms with Crippen LogP contribution in [0.5, 0.6) is 5.95 Å². The summed E-state index contributed by atoms with van der Waals surface area (Å²) in [5, 5.41) is 2.16. The molecule has 0 aromatic carbocycles. The van der Waals surface area contributed by atoms with Crippen molar-refractivity contribution < 1.29 is 40.3 Å². The maximum absolute atomic E-state index is 12.3. The molecule has 0 unspecified atom stereocenters. The van der Waals surface area contributed by atoms with E-state index in [9.17, 15) is 31.2 Å². The van der Waals surface area contributed by atoms with Gasteiger partial charge in [-0.3, -0.25) is 10.1 Å². The van der Waals surface area contributed by atoms with Gasteiger partial charge >= 0.3 is 12.2 Å². The van der Waals surface area contributed by atoms with E-state index in [0.29, 0.717) is 37.8 Å². The lowest BCUT2D eigenvalue weighted by molar-refractivity contribution is -0.156. The maximum Gasteiger partial charge on any atom is 0.422 e. The lowest BCUT2D eigenvalue weighted by atomic mass is 10.1. The molecule has 9 nitrogen and oxygen atoms in total. The Kier molecular flexibility index (Phi) is 8.12. The van der Waals surface area contributed by atoms with E-state index < -0.39 is 34.9 Å². The van der Waals surface area contributed by atoms with Crippen LogP contribution in [0.25, 0.3) is 0 Å². The summed E-state index contributed by atoms with van der Waals surface area (Å²) in [4.78, 5) is 23.9. The summed E-state index contributed by atoms with van der Waals surface area (Å²) in [5.41, 5.74) is 0.364. The van der Waals surface area contributed by atoms with Crippen molar-refractivity contribution in [1.29, 1.82) is 0 Å². The Morgan fingerprint density at radius 3 is 2.63 bits per heavy atom. The number of halogens is 3. The highest BCUT2D eigenvalue weighted by Crippen LogP contribution is 2.26. The number of amides is 3. The number of carbonyl (C=O) groups is 2. The molecule has 2 rings (SSSR count). The summed E-state index contributed by atoms with van der Waals surface area (Å²) in [6.07, 6.45) is -1.56. The van der Waals surface area contributed by atoms with Crippen molar-refractivity contribution in [3.63, 3.8) is 0 Å². The second-order valence-corrected chi connectivity index (χ2v) is 8.71. The highest BCUT2D eigenvalue weighted by Gasteiger charge is 2.29. The standard InChI is InChI=1S/C17H24F3N3O6S/c1-2-13(12-8-15(28-10-12)29-11-17(18,19)20)22-30(26,27)7-5-3-4-6-23-9-14(24)21-16(23)25/h8,10,13,22H,2-7,9,11H2,1H3,(H,21,24,25)/t13-/m1/s1. The van der Waals surface area contributed by atoms with Crippen LogP contribution in [0.3, 0.4) is 0 Å². The van der Waals surface area contributed by atoms with Crippen LogP contribution in [0.15, 0.2) is 16.7 Å². The summed E-state index contributed by atoms with van der Waals surface area (Å²) in [7, 11) is -3.65. The van der Waals surface area contributed by atoms with Crippen molar-refractivity contribution in [2.75, 3.05) is 25.4 Å². The van der Waals surface area contributed by atoms with Crippen molar-refractivity contribution in [3.8, 4) is 5.95 Å². The van der Waals surface area contributed by atoms with E-state index in [4.69, 9.17) is 4.42 Å². The Balaban J connectivity index is 1.76. The molecule has 1 aromatic heterocycles. The van der Waals surface area contributed by atoms with E-state index >= 15 is 0 Å². The van der Waals surface area contributed by atoms with E-state index in [1.165, 1.54) is 11.0 Å². The molecule has 30 heavy (non-hydrogen) atoms.